The summed E-state index contributed by atoms with van der Waals surface area (Å²) in [6.45, 7) is 13.8. The zero-order valence-corrected chi connectivity index (χ0v) is 13.0. The van der Waals surface area contributed by atoms with Crippen LogP contribution >= 0.6 is 0 Å². The number of piperazine rings is 1. The van der Waals surface area contributed by atoms with E-state index in [0.29, 0.717) is 5.41 Å². The molecule has 0 spiro atoms. The maximum absolute atomic E-state index is 5.46. The lowest BCUT2D eigenvalue weighted by Crippen LogP contribution is -2.50. The van der Waals surface area contributed by atoms with Gasteiger partial charge in [0, 0.05) is 58.5 Å². The normalized spacial score (nSPS) is 24.0. The molecule has 2 fully saturated rings. The molecule has 2 saturated heterocycles. The van der Waals surface area contributed by atoms with E-state index in [-0.39, 0.29) is 0 Å². The lowest BCUT2D eigenvalue weighted by atomic mass is 9.90. The van der Waals surface area contributed by atoms with Gasteiger partial charge in [-0.1, -0.05) is 13.8 Å². The lowest BCUT2D eigenvalue weighted by molar-refractivity contribution is 0.0254. The SMILES string of the molecule is CN(CC(C)(C)CN1CCNCC1)C1CCOCC1. The standard InChI is InChI=1S/C15H31N3O/c1-15(2,13-18-8-6-16-7-9-18)12-17(3)14-4-10-19-11-5-14/h14,16H,4-13H2,1-3H3. The van der Waals surface area contributed by atoms with Crippen LogP contribution in [-0.4, -0.2) is 75.4 Å². The summed E-state index contributed by atoms with van der Waals surface area (Å²) in [4.78, 5) is 5.17. The average molecular weight is 269 g/mol. The predicted octanol–water partition coefficient (Wildman–Crippen LogP) is 1.03. The molecule has 0 unspecified atom stereocenters. The first-order valence-corrected chi connectivity index (χ1v) is 7.78. The third-order valence-corrected chi connectivity index (χ3v) is 4.35. The minimum absolute atomic E-state index is 0.365. The molecule has 0 amide bonds. The fraction of sp³-hybridized carbons (Fsp3) is 1.00. The minimum Gasteiger partial charge on any atom is -0.381 e. The number of hydrogen-bond acceptors (Lipinski definition) is 4. The molecule has 0 saturated carbocycles. The number of nitrogens with zero attached hydrogens (tertiary/aromatic N) is 2. The van der Waals surface area contributed by atoms with Gasteiger partial charge >= 0.3 is 0 Å². The van der Waals surface area contributed by atoms with Gasteiger partial charge in [-0.2, -0.15) is 0 Å². The van der Waals surface area contributed by atoms with Crippen LogP contribution in [0.3, 0.4) is 0 Å². The summed E-state index contributed by atoms with van der Waals surface area (Å²) in [6, 6.07) is 0.719. The summed E-state index contributed by atoms with van der Waals surface area (Å²) in [5.41, 5.74) is 0.365. The van der Waals surface area contributed by atoms with Crippen molar-refractivity contribution in [3.05, 3.63) is 0 Å². The van der Waals surface area contributed by atoms with E-state index in [1.54, 1.807) is 0 Å². The Labute approximate surface area is 118 Å². The van der Waals surface area contributed by atoms with Crippen LogP contribution in [-0.2, 0) is 4.74 Å². The van der Waals surface area contributed by atoms with Crippen LogP contribution in [0.4, 0.5) is 0 Å². The molecule has 112 valence electrons. The quantitative estimate of drug-likeness (QED) is 0.807. The second-order valence-corrected chi connectivity index (χ2v) is 6.95. The molecule has 0 bridgehead atoms. The van der Waals surface area contributed by atoms with Gasteiger partial charge < -0.3 is 19.9 Å². The molecule has 4 heteroatoms. The Balaban J connectivity index is 1.77. The Kier molecular flexibility index (Phi) is 5.63. The molecule has 0 radical (unpaired) electrons. The van der Waals surface area contributed by atoms with E-state index in [9.17, 15) is 0 Å². The summed E-state index contributed by atoms with van der Waals surface area (Å²) in [7, 11) is 2.29. The average Bonchev–Trinajstić information content (AvgIpc) is 2.39. The van der Waals surface area contributed by atoms with Crippen LogP contribution in [0.25, 0.3) is 0 Å². The van der Waals surface area contributed by atoms with E-state index in [2.05, 4.69) is 36.0 Å². The van der Waals surface area contributed by atoms with Gasteiger partial charge in [0.2, 0.25) is 0 Å². The monoisotopic (exact) mass is 269 g/mol. The second-order valence-electron chi connectivity index (χ2n) is 6.95. The lowest BCUT2D eigenvalue weighted by Gasteiger charge is -2.40. The van der Waals surface area contributed by atoms with Crippen molar-refractivity contribution in [2.75, 3.05) is 59.5 Å². The molecule has 0 aromatic carbocycles. The first-order valence-electron chi connectivity index (χ1n) is 7.78. The molecule has 19 heavy (non-hydrogen) atoms. The molecule has 2 heterocycles. The Morgan fingerprint density at radius 2 is 1.84 bits per heavy atom. The smallest absolute Gasteiger partial charge is 0.0480 e. The zero-order valence-electron chi connectivity index (χ0n) is 13.0. The van der Waals surface area contributed by atoms with E-state index < -0.39 is 0 Å². The Hall–Kier alpha value is -0.160. The van der Waals surface area contributed by atoms with Crippen molar-refractivity contribution in [2.45, 2.75) is 32.7 Å². The third-order valence-electron chi connectivity index (χ3n) is 4.35. The van der Waals surface area contributed by atoms with Crippen molar-refractivity contribution in [3.8, 4) is 0 Å². The second kappa shape index (κ2) is 7.02. The molecule has 1 N–H and O–H groups in total. The van der Waals surface area contributed by atoms with Crippen LogP contribution < -0.4 is 5.32 Å². The Morgan fingerprint density at radius 1 is 1.21 bits per heavy atom. The maximum atomic E-state index is 5.46. The molecule has 0 aromatic heterocycles. The Morgan fingerprint density at radius 3 is 2.47 bits per heavy atom. The van der Waals surface area contributed by atoms with Gasteiger partial charge in [-0.25, -0.2) is 0 Å². The van der Waals surface area contributed by atoms with Gasteiger partial charge in [-0.3, -0.25) is 0 Å². The van der Waals surface area contributed by atoms with Crippen molar-refractivity contribution in [1.29, 1.82) is 0 Å². The molecule has 0 aliphatic carbocycles. The highest BCUT2D eigenvalue weighted by molar-refractivity contribution is 4.82. The summed E-state index contributed by atoms with van der Waals surface area (Å²) in [6.07, 6.45) is 2.39. The van der Waals surface area contributed by atoms with E-state index in [0.717, 1.165) is 32.3 Å². The van der Waals surface area contributed by atoms with Gasteiger partial charge in [-0.15, -0.1) is 0 Å². The topological polar surface area (TPSA) is 27.7 Å². The van der Waals surface area contributed by atoms with Crippen molar-refractivity contribution in [2.24, 2.45) is 5.41 Å². The number of nitrogens with one attached hydrogen (secondary N) is 1. The molecule has 0 aromatic rings. The zero-order chi connectivity index (χ0) is 13.7. The molecule has 2 rings (SSSR count). The number of ether oxygens (including phenoxy) is 1. The van der Waals surface area contributed by atoms with Crippen molar-refractivity contribution >= 4 is 0 Å². The summed E-state index contributed by atoms with van der Waals surface area (Å²) in [5, 5.41) is 3.43. The fourth-order valence-electron chi connectivity index (χ4n) is 3.45. The summed E-state index contributed by atoms with van der Waals surface area (Å²) < 4.78 is 5.46. The molecule has 2 aliphatic rings. The van der Waals surface area contributed by atoms with Crippen LogP contribution in [0.15, 0.2) is 0 Å². The fourth-order valence-corrected chi connectivity index (χ4v) is 3.45. The summed E-state index contributed by atoms with van der Waals surface area (Å²) in [5.74, 6) is 0. The molecule has 0 atom stereocenters. The largest absolute Gasteiger partial charge is 0.381 e. The molecule has 4 nitrogen and oxygen atoms in total. The van der Waals surface area contributed by atoms with Crippen LogP contribution in [0, 0.1) is 5.41 Å². The van der Waals surface area contributed by atoms with E-state index in [1.807, 2.05) is 0 Å². The molecular weight excluding hydrogens is 238 g/mol. The van der Waals surface area contributed by atoms with E-state index >= 15 is 0 Å². The van der Waals surface area contributed by atoms with E-state index in [4.69, 9.17) is 4.74 Å². The molecule has 2 aliphatic heterocycles. The minimum atomic E-state index is 0.365. The maximum Gasteiger partial charge on any atom is 0.0480 e. The third kappa shape index (κ3) is 5.03. The van der Waals surface area contributed by atoms with Crippen molar-refractivity contribution < 1.29 is 4.74 Å². The number of hydrogen-bond donors (Lipinski definition) is 1. The predicted molar refractivity (Wildman–Crippen MR) is 79.6 cm³/mol. The van der Waals surface area contributed by atoms with Gasteiger partial charge in [0.15, 0.2) is 0 Å². The van der Waals surface area contributed by atoms with Gasteiger partial charge in [0.25, 0.3) is 0 Å². The Bertz CT molecular complexity index is 258. The van der Waals surface area contributed by atoms with Crippen LogP contribution in [0.1, 0.15) is 26.7 Å². The van der Waals surface area contributed by atoms with Crippen LogP contribution in [0.5, 0.6) is 0 Å². The molecular formula is C15H31N3O. The highest BCUT2D eigenvalue weighted by atomic mass is 16.5. The highest BCUT2D eigenvalue weighted by Crippen LogP contribution is 2.22. The first kappa shape index (κ1) is 15.2. The van der Waals surface area contributed by atoms with Gasteiger partial charge in [-0.05, 0) is 25.3 Å². The van der Waals surface area contributed by atoms with Crippen molar-refractivity contribution in [3.63, 3.8) is 0 Å². The summed E-state index contributed by atoms with van der Waals surface area (Å²) >= 11 is 0. The first-order chi connectivity index (χ1) is 9.07. The van der Waals surface area contributed by atoms with Gasteiger partial charge in [0.1, 0.15) is 0 Å². The van der Waals surface area contributed by atoms with Crippen molar-refractivity contribution in [1.82, 2.24) is 15.1 Å². The number of rotatable bonds is 5. The van der Waals surface area contributed by atoms with Crippen LogP contribution in [0.2, 0.25) is 0 Å². The van der Waals surface area contributed by atoms with E-state index in [1.165, 1.54) is 39.0 Å². The highest BCUT2D eigenvalue weighted by Gasteiger charge is 2.27. The van der Waals surface area contributed by atoms with Gasteiger partial charge in [0.05, 0.1) is 0 Å².